The standard InChI is InChI=1S/C32H48/c1-3-5-7-8-9-10-11-12-14-28-17-21-30(22-18-28)32-25-23-31(24-26-32)29-19-15-27(16-20-29)13-6-4-2/h15-16,19-20,23-26,28,30H,3-14,17-18,21-22H2,1-2H3. The van der Waals surface area contributed by atoms with E-state index in [1.54, 1.807) is 5.56 Å². The molecule has 0 bridgehead atoms. The fraction of sp³-hybridized carbons (Fsp3) is 0.625. The maximum absolute atomic E-state index is 2.41. The van der Waals surface area contributed by atoms with Crippen LogP contribution in [0, 0.1) is 5.92 Å². The summed E-state index contributed by atoms with van der Waals surface area (Å²) in [6, 6.07) is 18.7. The minimum Gasteiger partial charge on any atom is -0.0654 e. The molecule has 2 aromatic rings. The van der Waals surface area contributed by atoms with E-state index in [1.807, 2.05) is 0 Å². The lowest BCUT2D eigenvalue weighted by Gasteiger charge is -2.29. The Hall–Kier alpha value is -1.56. The minimum atomic E-state index is 0.787. The van der Waals surface area contributed by atoms with Crippen LogP contribution < -0.4 is 0 Å². The van der Waals surface area contributed by atoms with Crippen LogP contribution in [-0.2, 0) is 6.42 Å². The SMILES string of the molecule is CCCCCCCCCCC1CCC(c2ccc(-c3ccc(CCCC)cc3)cc2)CC1. The molecule has 0 aromatic heterocycles. The van der Waals surface area contributed by atoms with Gasteiger partial charge in [-0.05, 0) is 72.6 Å². The first kappa shape index (κ1) is 25.1. The zero-order chi connectivity index (χ0) is 22.4. The Bertz CT molecular complexity index is 716. The van der Waals surface area contributed by atoms with Crippen molar-refractivity contribution in [3.05, 3.63) is 59.7 Å². The van der Waals surface area contributed by atoms with E-state index in [9.17, 15) is 0 Å². The van der Waals surface area contributed by atoms with E-state index in [0.717, 1.165) is 11.8 Å². The Morgan fingerprint density at radius 2 is 1.09 bits per heavy atom. The van der Waals surface area contributed by atoms with Gasteiger partial charge in [0.15, 0.2) is 0 Å². The van der Waals surface area contributed by atoms with Crippen LogP contribution >= 0.6 is 0 Å². The lowest BCUT2D eigenvalue weighted by atomic mass is 9.77. The highest BCUT2D eigenvalue weighted by molar-refractivity contribution is 5.64. The van der Waals surface area contributed by atoms with Crippen molar-refractivity contribution in [2.45, 2.75) is 122 Å². The molecule has 0 N–H and O–H groups in total. The summed E-state index contributed by atoms with van der Waals surface area (Å²) >= 11 is 0. The quantitative estimate of drug-likeness (QED) is 0.260. The second kappa shape index (κ2) is 14.6. The van der Waals surface area contributed by atoms with Crippen LogP contribution in [0.1, 0.15) is 127 Å². The zero-order valence-electron chi connectivity index (χ0n) is 21.1. The lowest BCUT2D eigenvalue weighted by molar-refractivity contribution is 0.302. The molecule has 0 amide bonds. The summed E-state index contributed by atoms with van der Waals surface area (Å²) in [6.45, 7) is 4.57. The van der Waals surface area contributed by atoms with Crippen molar-refractivity contribution >= 4 is 0 Å². The Balaban J connectivity index is 1.36. The van der Waals surface area contributed by atoms with Gasteiger partial charge < -0.3 is 0 Å². The van der Waals surface area contributed by atoms with Crippen molar-refractivity contribution in [2.24, 2.45) is 5.92 Å². The van der Waals surface area contributed by atoms with Gasteiger partial charge in [-0.25, -0.2) is 0 Å². The molecule has 2 aromatic carbocycles. The van der Waals surface area contributed by atoms with Gasteiger partial charge in [0, 0.05) is 0 Å². The molecule has 0 atom stereocenters. The zero-order valence-corrected chi connectivity index (χ0v) is 21.1. The van der Waals surface area contributed by atoms with Crippen molar-refractivity contribution in [3.8, 4) is 11.1 Å². The summed E-state index contributed by atoms with van der Waals surface area (Å²) in [7, 11) is 0. The Morgan fingerprint density at radius 1 is 0.562 bits per heavy atom. The average Bonchev–Trinajstić information content (AvgIpc) is 2.85. The van der Waals surface area contributed by atoms with E-state index in [4.69, 9.17) is 0 Å². The van der Waals surface area contributed by atoms with Crippen LogP contribution in [0.5, 0.6) is 0 Å². The summed E-state index contributed by atoms with van der Waals surface area (Å²) in [4.78, 5) is 0. The minimum absolute atomic E-state index is 0.787. The van der Waals surface area contributed by atoms with Crippen LogP contribution in [-0.4, -0.2) is 0 Å². The van der Waals surface area contributed by atoms with Gasteiger partial charge in [-0.3, -0.25) is 0 Å². The Morgan fingerprint density at radius 3 is 1.69 bits per heavy atom. The second-order valence-corrected chi connectivity index (χ2v) is 10.4. The molecule has 0 radical (unpaired) electrons. The van der Waals surface area contributed by atoms with Gasteiger partial charge in [-0.2, -0.15) is 0 Å². The largest absolute Gasteiger partial charge is 0.0654 e. The molecule has 0 unspecified atom stereocenters. The van der Waals surface area contributed by atoms with E-state index in [0.29, 0.717) is 0 Å². The van der Waals surface area contributed by atoms with Crippen molar-refractivity contribution < 1.29 is 0 Å². The van der Waals surface area contributed by atoms with Crippen LogP contribution in [0.25, 0.3) is 11.1 Å². The van der Waals surface area contributed by atoms with Crippen LogP contribution in [0.2, 0.25) is 0 Å². The first-order valence-corrected chi connectivity index (χ1v) is 14.0. The smallest absolute Gasteiger partial charge is 0.0162 e. The van der Waals surface area contributed by atoms with Crippen LogP contribution in [0.3, 0.4) is 0 Å². The van der Waals surface area contributed by atoms with Gasteiger partial charge in [0.2, 0.25) is 0 Å². The fourth-order valence-corrected chi connectivity index (χ4v) is 5.54. The van der Waals surface area contributed by atoms with Gasteiger partial charge >= 0.3 is 0 Å². The van der Waals surface area contributed by atoms with Crippen molar-refractivity contribution in [1.82, 2.24) is 0 Å². The van der Waals surface area contributed by atoms with Crippen molar-refractivity contribution in [3.63, 3.8) is 0 Å². The van der Waals surface area contributed by atoms with E-state index in [2.05, 4.69) is 62.4 Å². The topological polar surface area (TPSA) is 0 Å². The molecular formula is C32H48. The van der Waals surface area contributed by atoms with Gasteiger partial charge in [0.25, 0.3) is 0 Å². The van der Waals surface area contributed by atoms with Crippen LogP contribution in [0.4, 0.5) is 0 Å². The molecule has 0 aliphatic heterocycles. The van der Waals surface area contributed by atoms with E-state index >= 15 is 0 Å². The first-order valence-electron chi connectivity index (χ1n) is 14.0. The molecule has 0 spiro atoms. The third-order valence-corrected chi connectivity index (χ3v) is 7.80. The second-order valence-electron chi connectivity index (χ2n) is 10.4. The molecule has 1 aliphatic carbocycles. The summed E-state index contributed by atoms with van der Waals surface area (Å²) in [5, 5.41) is 0. The number of unbranched alkanes of at least 4 members (excludes halogenated alkanes) is 8. The normalized spacial score (nSPS) is 18.7. The third-order valence-electron chi connectivity index (χ3n) is 7.80. The maximum atomic E-state index is 2.41. The predicted octanol–water partition coefficient (Wildman–Crippen LogP) is 10.5. The molecule has 0 heterocycles. The van der Waals surface area contributed by atoms with Crippen molar-refractivity contribution in [2.75, 3.05) is 0 Å². The number of hydrogen-bond acceptors (Lipinski definition) is 0. The number of aryl methyl sites for hydroxylation is 1. The fourth-order valence-electron chi connectivity index (χ4n) is 5.54. The van der Waals surface area contributed by atoms with Gasteiger partial charge in [0.05, 0.1) is 0 Å². The van der Waals surface area contributed by atoms with E-state index in [1.165, 1.54) is 119 Å². The summed E-state index contributed by atoms with van der Waals surface area (Å²) < 4.78 is 0. The highest BCUT2D eigenvalue weighted by Gasteiger charge is 2.22. The predicted molar refractivity (Wildman–Crippen MR) is 142 cm³/mol. The Labute approximate surface area is 199 Å². The number of hydrogen-bond donors (Lipinski definition) is 0. The molecule has 1 saturated carbocycles. The summed E-state index contributed by atoms with van der Waals surface area (Å²) in [6.07, 6.45) is 22.5. The molecule has 3 rings (SSSR count). The molecule has 176 valence electrons. The Kier molecular flexibility index (Phi) is 11.4. The number of benzene rings is 2. The molecular weight excluding hydrogens is 384 g/mol. The van der Waals surface area contributed by atoms with Gasteiger partial charge in [0.1, 0.15) is 0 Å². The van der Waals surface area contributed by atoms with E-state index in [-0.39, 0.29) is 0 Å². The molecule has 0 heteroatoms. The highest BCUT2D eigenvalue weighted by atomic mass is 14.3. The third kappa shape index (κ3) is 8.42. The lowest BCUT2D eigenvalue weighted by Crippen LogP contribution is -2.13. The molecule has 1 aliphatic rings. The number of rotatable bonds is 14. The van der Waals surface area contributed by atoms with E-state index < -0.39 is 0 Å². The highest BCUT2D eigenvalue weighted by Crippen LogP contribution is 2.38. The molecule has 32 heavy (non-hydrogen) atoms. The van der Waals surface area contributed by atoms with Crippen LogP contribution in [0.15, 0.2) is 48.5 Å². The van der Waals surface area contributed by atoms with Gasteiger partial charge in [-0.15, -0.1) is 0 Å². The summed E-state index contributed by atoms with van der Waals surface area (Å²) in [5.41, 5.74) is 5.75. The average molecular weight is 433 g/mol. The molecule has 1 fully saturated rings. The van der Waals surface area contributed by atoms with Crippen molar-refractivity contribution in [1.29, 1.82) is 0 Å². The summed E-state index contributed by atoms with van der Waals surface area (Å²) in [5.74, 6) is 1.78. The molecule has 0 saturated heterocycles. The molecule has 0 nitrogen and oxygen atoms in total. The van der Waals surface area contributed by atoms with Gasteiger partial charge in [-0.1, -0.05) is 127 Å². The first-order chi connectivity index (χ1) is 15.8. The maximum Gasteiger partial charge on any atom is -0.0162 e. The monoisotopic (exact) mass is 432 g/mol.